The summed E-state index contributed by atoms with van der Waals surface area (Å²) in [5.41, 5.74) is 0.541. The van der Waals surface area contributed by atoms with Crippen LogP contribution in [0.4, 0.5) is 0 Å². The van der Waals surface area contributed by atoms with Gasteiger partial charge in [0.1, 0.15) is 18.5 Å². The van der Waals surface area contributed by atoms with E-state index in [-0.39, 0.29) is 11.5 Å². The smallest absolute Gasteiger partial charge is 0.243 e. The Labute approximate surface area is 188 Å². The molecule has 1 aliphatic rings. The van der Waals surface area contributed by atoms with Gasteiger partial charge in [-0.05, 0) is 36.4 Å². The second kappa shape index (κ2) is 10.7. The predicted octanol–water partition coefficient (Wildman–Crippen LogP) is 1.32. The summed E-state index contributed by atoms with van der Waals surface area (Å²) in [6.07, 6.45) is -0.723. The first-order valence-corrected chi connectivity index (χ1v) is 11.6. The molecule has 0 radical (unpaired) electrons. The fourth-order valence-electron chi connectivity index (χ4n) is 3.45. The topological polar surface area (TPSA) is 112 Å². The maximum atomic E-state index is 13.0. The largest absolute Gasteiger partial charge is 0.493 e. The molecule has 0 aliphatic carbocycles. The van der Waals surface area contributed by atoms with Crippen molar-refractivity contribution in [3.05, 3.63) is 48.0 Å². The highest BCUT2D eigenvalue weighted by atomic mass is 32.2. The molecule has 1 saturated heterocycles. The van der Waals surface area contributed by atoms with Gasteiger partial charge in [0.05, 0.1) is 30.7 Å². The fourth-order valence-corrected chi connectivity index (χ4v) is 4.89. The molecule has 10 heteroatoms. The van der Waals surface area contributed by atoms with E-state index in [1.54, 1.807) is 30.3 Å². The third-order valence-corrected chi connectivity index (χ3v) is 7.11. The first-order chi connectivity index (χ1) is 15.4. The molecule has 0 spiro atoms. The maximum absolute atomic E-state index is 13.0. The summed E-state index contributed by atoms with van der Waals surface area (Å²) in [5, 5.41) is 19.1. The lowest BCUT2D eigenvalue weighted by Crippen LogP contribution is -2.50. The van der Waals surface area contributed by atoms with Crippen molar-refractivity contribution in [3.8, 4) is 23.3 Å². The lowest BCUT2D eigenvalue weighted by Gasteiger charge is -2.34. The van der Waals surface area contributed by atoms with Crippen LogP contribution >= 0.6 is 0 Å². The highest BCUT2D eigenvalue weighted by Crippen LogP contribution is 2.30. The Kier molecular flexibility index (Phi) is 7.93. The van der Waals surface area contributed by atoms with E-state index in [2.05, 4.69) is 0 Å². The van der Waals surface area contributed by atoms with Crippen molar-refractivity contribution in [2.75, 3.05) is 53.6 Å². The third-order valence-electron chi connectivity index (χ3n) is 5.22. The zero-order valence-corrected chi connectivity index (χ0v) is 18.9. The van der Waals surface area contributed by atoms with Crippen LogP contribution in [0.1, 0.15) is 5.56 Å². The summed E-state index contributed by atoms with van der Waals surface area (Å²) in [4.78, 5) is 2.16. The first-order valence-electron chi connectivity index (χ1n) is 10.1. The van der Waals surface area contributed by atoms with Crippen LogP contribution < -0.4 is 14.2 Å². The monoisotopic (exact) mass is 461 g/mol. The molecule has 0 aromatic heterocycles. The predicted molar refractivity (Wildman–Crippen MR) is 117 cm³/mol. The third kappa shape index (κ3) is 5.69. The Hall–Kier alpha value is -2.84. The van der Waals surface area contributed by atoms with Crippen LogP contribution in [-0.2, 0) is 10.0 Å². The number of sulfonamides is 1. The molecular formula is C22H27N3O6S. The van der Waals surface area contributed by atoms with Crippen molar-refractivity contribution in [1.29, 1.82) is 5.26 Å². The van der Waals surface area contributed by atoms with Crippen LogP contribution in [0.3, 0.4) is 0 Å². The number of aliphatic hydroxyl groups is 1. The Morgan fingerprint density at radius 2 is 1.69 bits per heavy atom. The second-order valence-corrected chi connectivity index (χ2v) is 9.26. The first kappa shape index (κ1) is 23.8. The van der Waals surface area contributed by atoms with E-state index >= 15 is 0 Å². The van der Waals surface area contributed by atoms with E-state index in [1.165, 1.54) is 30.7 Å². The summed E-state index contributed by atoms with van der Waals surface area (Å²) in [6, 6.07) is 13.3. The van der Waals surface area contributed by atoms with Gasteiger partial charge in [0.15, 0.2) is 11.5 Å². The van der Waals surface area contributed by atoms with Gasteiger partial charge in [0, 0.05) is 38.8 Å². The molecule has 3 rings (SSSR count). The molecular weight excluding hydrogens is 434 g/mol. The number of piperazine rings is 1. The van der Waals surface area contributed by atoms with Gasteiger partial charge in [0.2, 0.25) is 10.0 Å². The molecule has 1 atom stereocenters. The highest BCUT2D eigenvalue weighted by Gasteiger charge is 2.30. The average molecular weight is 462 g/mol. The summed E-state index contributed by atoms with van der Waals surface area (Å²) >= 11 is 0. The van der Waals surface area contributed by atoms with Crippen LogP contribution in [0.15, 0.2) is 47.4 Å². The van der Waals surface area contributed by atoms with E-state index in [0.29, 0.717) is 55.5 Å². The van der Waals surface area contributed by atoms with Crippen LogP contribution in [0.2, 0.25) is 0 Å². The SMILES string of the molecule is COc1ccc(S(=O)(=O)N2CCN(C[C@H](O)COc3ccc(C#N)cc3)CC2)cc1OC. The maximum Gasteiger partial charge on any atom is 0.243 e. The van der Waals surface area contributed by atoms with Gasteiger partial charge in [0.25, 0.3) is 0 Å². The summed E-state index contributed by atoms with van der Waals surface area (Å²) in [5.74, 6) is 1.40. The van der Waals surface area contributed by atoms with Crippen molar-refractivity contribution < 1.29 is 27.7 Å². The summed E-state index contributed by atoms with van der Waals surface area (Å²) in [6.45, 7) is 2.12. The number of nitrogens with zero attached hydrogens (tertiary/aromatic N) is 3. The van der Waals surface area contributed by atoms with Crippen molar-refractivity contribution in [3.63, 3.8) is 0 Å². The van der Waals surface area contributed by atoms with Gasteiger partial charge < -0.3 is 19.3 Å². The fraction of sp³-hybridized carbons (Fsp3) is 0.409. The molecule has 1 fully saturated rings. The Bertz CT molecular complexity index is 1040. The van der Waals surface area contributed by atoms with Gasteiger partial charge in [-0.3, -0.25) is 4.90 Å². The molecule has 0 unspecified atom stereocenters. The van der Waals surface area contributed by atoms with Gasteiger partial charge in [-0.1, -0.05) is 0 Å². The normalized spacial score (nSPS) is 16.2. The average Bonchev–Trinajstić information content (AvgIpc) is 2.82. The minimum atomic E-state index is -3.66. The lowest BCUT2D eigenvalue weighted by molar-refractivity contribution is 0.0569. The number of benzene rings is 2. The number of ether oxygens (including phenoxy) is 3. The van der Waals surface area contributed by atoms with Crippen LogP contribution in [0, 0.1) is 11.3 Å². The van der Waals surface area contributed by atoms with Crippen LogP contribution in [0.25, 0.3) is 0 Å². The van der Waals surface area contributed by atoms with E-state index in [4.69, 9.17) is 19.5 Å². The molecule has 0 bridgehead atoms. The van der Waals surface area contributed by atoms with E-state index in [0.717, 1.165) is 0 Å². The molecule has 2 aromatic rings. The zero-order chi connectivity index (χ0) is 23.1. The van der Waals surface area contributed by atoms with E-state index in [9.17, 15) is 13.5 Å². The summed E-state index contributed by atoms with van der Waals surface area (Å²) < 4.78 is 43.4. The van der Waals surface area contributed by atoms with Crippen LogP contribution in [-0.4, -0.2) is 82.4 Å². The Morgan fingerprint density at radius 3 is 2.28 bits per heavy atom. The molecule has 2 aromatic carbocycles. The quantitative estimate of drug-likeness (QED) is 0.595. The standard InChI is InChI=1S/C22H27N3O6S/c1-29-21-8-7-20(13-22(21)30-2)32(27,28)25-11-9-24(10-12-25)15-18(26)16-31-19-5-3-17(14-23)4-6-19/h3-8,13,18,26H,9-12,15-16H2,1-2H3/t18-/m0/s1. The minimum absolute atomic E-state index is 0.107. The molecule has 1 N–H and O–H groups in total. The van der Waals surface area contributed by atoms with Gasteiger partial charge in [-0.15, -0.1) is 0 Å². The summed E-state index contributed by atoms with van der Waals surface area (Å²) in [7, 11) is -0.706. The zero-order valence-electron chi connectivity index (χ0n) is 18.1. The molecule has 0 amide bonds. The van der Waals surface area contributed by atoms with Crippen molar-refractivity contribution in [2.24, 2.45) is 0 Å². The number of nitriles is 1. The van der Waals surface area contributed by atoms with E-state index < -0.39 is 16.1 Å². The number of hydrogen-bond donors (Lipinski definition) is 1. The Balaban J connectivity index is 1.51. The highest BCUT2D eigenvalue weighted by molar-refractivity contribution is 7.89. The minimum Gasteiger partial charge on any atom is -0.493 e. The molecule has 1 heterocycles. The molecule has 172 valence electrons. The van der Waals surface area contributed by atoms with Gasteiger partial charge in [-0.25, -0.2) is 8.42 Å². The lowest BCUT2D eigenvalue weighted by atomic mass is 10.2. The van der Waals surface area contributed by atoms with Crippen molar-refractivity contribution in [1.82, 2.24) is 9.21 Å². The molecule has 1 aliphatic heterocycles. The Morgan fingerprint density at radius 1 is 1.03 bits per heavy atom. The van der Waals surface area contributed by atoms with Gasteiger partial charge in [-0.2, -0.15) is 9.57 Å². The number of aliphatic hydroxyl groups excluding tert-OH is 1. The van der Waals surface area contributed by atoms with Crippen LogP contribution in [0.5, 0.6) is 17.2 Å². The number of methoxy groups -OCH3 is 2. The molecule has 9 nitrogen and oxygen atoms in total. The van der Waals surface area contributed by atoms with Crippen molar-refractivity contribution >= 4 is 10.0 Å². The molecule has 32 heavy (non-hydrogen) atoms. The van der Waals surface area contributed by atoms with E-state index in [1.807, 2.05) is 11.0 Å². The number of rotatable bonds is 9. The van der Waals surface area contributed by atoms with Crippen molar-refractivity contribution in [2.45, 2.75) is 11.0 Å². The number of β-amino-alcohol motifs (C(OH)–C–C–N with tert-alkyl or cyclic N) is 1. The number of hydrogen-bond acceptors (Lipinski definition) is 8. The molecule has 0 saturated carbocycles. The van der Waals surface area contributed by atoms with Gasteiger partial charge >= 0.3 is 0 Å². The second-order valence-electron chi connectivity index (χ2n) is 7.32.